The number of halogens is 1. The Labute approximate surface area is 186 Å². The van der Waals surface area contributed by atoms with E-state index in [0.29, 0.717) is 11.6 Å². The van der Waals surface area contributed by atoms with Crippen LogP contribution < -0.4 is 16.2 Å². The quantitative estimate of drug-likeness (QED) is 0.583. The monoisotopic (exact) mass is 435 g/mol. The molecule has 1 heterocycles. The van der Waals surface area contributed by atoms with Gasteiger partial charge in [-0.15, -0.1) is 0 Å². The first-order chi connectivity index (χ1) is 15.2. The Morgan fingerprint density at radius 2 is 1.56 bits per heavy atom. The first-order valence-corrected chi connectivity index (χ1v) is 10.4. The van der Waals surface area contributed by atoms with Crippen LogP contribution in [0.25, 0.3) is 0 Å². The van der Waals surface area contributed by atoms with E-state index in [1.807, 2.05) is 31.2 Å². The molecule has 2 N–H and O–H groups in total. The molecule has 2 aromatic carbocycles. The normalized spacial score (nSPS) is 11.8. The summed E-state index contributed by atoms with van der Waals surface area (Å²) in [5.74, 6) is -0.979. The van der Waals surface area contributed by atoms with Crippen molar-refractivity contribution in [1.29, 1.82) is 0 Å². The third-order valence-electron chi connectivity index (χ3n) is 5.16. The Morgan fingerprint density at radius 3 is 2.19 bits per heavy atom. The molecule has 0 spiro atoms. The van der Waals surface area contributed by atoms with Crippen molar-refractivity contribution < 1.29 is 14.0 Å². The zero-order valence-corrected chi connectivity index (χ0v) is 18.3. The molecule has 0 fully saturated rings. The fourth-order valence-electron chi connectivity index (χ4n) is 3.26. The summed E-state index contributed by atoms with van der Waals surface area (Å²) in [5, 5.41) is 5.43. The third kappa shape index (κ3) is 5.69. The van der Waals surface area contributed by atoms with Gasteiger partial charge in [0.15, 0.2) is 0 Å². The molecule has 166 valence electrons. The second-order valence-electron chi connectivity index (χ2n) is 7.93. The topological polar surface area (TPSA) is 80.2 Å². The lowest BCUT2D eigenvalue weighted by atomic mass is 9.99. The zero-order valence-electron chi connectivity index (χ0n) is 18.3. The van der Waals surface area contributed by atoms with Crippen LogP contribution >= 0.6 is 0 Å². The van der Waals surface area contributed by atoms with E-state index in [-0.39, 0.29) is 24.1 Å². The van der Waals surface area contributed by atoms with Gasteiger partial charge in [-0.05, 0) is 60.4 Å². The molecule has 3 rings (SSSR count). The van der Waals surface area contributed by atoms with Crippen molar-refractivity contribution in [3.05, 3.63) is 99.7 Å². The summed E-state index contributed by atoms with van der Waals surface area (Å²) < 4.78 is 14.2. The van der Waals surface area contributed by atoms with Crippen molar-refractivity contribution in [2.75, 3.05) is 5.32 Å². The predicted octanol–water partition coefficient (Wildman–Crippen LogP) is 4.24. The highest BCUT2D eigenvalue weighted by molar-refractivity contribution is 6.04. The molecule has 1 aromatic heterocycles. The number of carbonyl (C=O) groups excluding carboxylic acids is 2. The van der Waals surface area contributed by atoms with Crippen LogP contribution in [-0.4, -0.2) is 16.4 Å². The summed E-state index contributed by atoms with van der Waals surface area (Å²) in [5.41, 5.74) is 1.84. The lowest BCUT2D eigenvalue weighted by molar-refractivity contribution is -0.122. The smallest absolute Gasteiger partial charge is 0.263 e. The number of anilines is 1. The summed E-state index contributed by atoms with van der Waals surface area (Å²) in [6.45, 7) is 5.89. The van der Waals surface area contributed by atoms with Crippen LogP contribution in [0.5, 0.6) is 0 Å². The molecule has 2 amide bonds. The summed E-state index contributed by atoms with van der Waals surface area (Å²) >= 11 is 0. The first-order valence-electron chi connectivity index (χ1n) is 10.4. The molecule has 32 heavy (non-hydrogen) atoms. The SMILES string of the molecule is CC(C)c1ccc([C@H](C)NC(=O)Cn2cccc(C(=O)Nc3ccc(F)cc3)c2=O)cc1. The highest BCUT2D eigenvalue weighted by atomic mass is 19.1. The van der Waals surface area contributed by atoms with Crippen molar-refractivity contribution in [3.8, 4) is 0 Å². The second kappa shape index (κ2) is 10.0. The van der Waals surface area contributed by atoms with Crippen molar-refractivity contribution in [2.24, 2.45) is 0 Å². The maximum absolute atomic E-state index is 13.0. The number of carbonyl (C=O) groups is 2. The predicted molar refractivity (Wildman–Crippen MR) is 122 cm³/mol. The molecular weight excluding hydrogens is 409 g/mol. The van der Waals surface area contributed by atoms with Crippen LogP contribution in [0.4, 0.5) is 10.1 Å². The average molecular weight is 435 g/mol. The van der Waals surface area contributed by atoms with Crippen LogP contribution in [-0.2, 0) is 11.3 Å². The summed E-state index contributed by atoms with van der Waals surface area (Å²) in [4.78, 5) is 37.7. The number of pyridine rings is 1. The maximum atomic E-state index is 13.0. The standard InChI is InChI=1S/C25H26FN3O3/c1-16(2)18-6-8-19(9-7-18)17(3)27-23(30)15-29-14-4-5-22(25(29)32)24(31)28-21-12-10-20(26)11-13-21/h4-14,16-17H,15H2,1-3H3,(H,27,30)(H,28,31)/t17-/m0/s1. The van der Waals surface area contributed by atoms with Gasteiger partial charge >= 0.3 is 0 Å². The Kier molecular flexibility index (Phi) is 7.20. The van der Waals surface area contributed by atoms with E-state index in [1.54, 1.807) is 0 Å². The number of benzene rings is 2. The maximum Gasteiger partial charge on any atom is 0.263 e. The van der Waals surface area contributed by atoms with Gasteiger partial charge in [-0.2, -0.15) is 0 Å². The van der Waals surface area contributed by atoms with Gasteiger partial charge in [-0.3, -0.25) is 14.4 Å². The number of hydrogen-bond acceptors (Lipinski definition) is 3. The fraction of sp³-hybridized carbons (Fsp3) is 0.240. The van der Waals surface area contributed by atoms with Crippen molar-refractivity contribution in [2.45, 2.75) is 39.3 Å². The molecular formula is C25H26FN3O3. The number of nitrogens with one attached hydrogen (secondary N) is 2. The van der Waals surface area contributed by atoms with E-state index in [1.165, 1.54) is 52.7 Å². The van der Waals surface area contributed by atoms with Crippen LogP contribution in [0.1, 0.15) is 54.2 Å². The van der Waals surface area contributed by atoms with Gasteiger partial charge in [0.1, 0.15) is 17.9 Å². The van der Waals surface area contributed by atoms with Crippen LogP contribution in [0.2, 0.25) is 0 Å². The number of hydrogen-bond donors (Lipinski definition) is 2. The minimum atomic E-state index is -0.630. The van der Waals surface area contributed by atoms with Crippen LogP contribution in [0.15, 0.2) is 71.7 Å². The van der Waals surface area contributed by atoms with E-state index < -0.39 is 17.3 Å². The van der Waals surface area contributed by atoms with Gasteiger partial charge in [0.05, 0.1) is 6.04 Å². The van der Waals surface area contributed by atoms with Gasteiger partial charge in [0.2, 0.25) is 5.91 Å². The van der Waals surface area contributed by atoms with E-state index in [2.05, 4.69) is 24.5 Å². The second-order valence-corrected chi connectivity index (χ2v) is 7.93. The molecule has 0 aliphatic heterocycles. The third-order valence-corrected chi connectivity index (χ3v) is 5.16. The molecule has 0 aliphatic carbocycles. The van der Waals surface area contributed by atoms with Gasteiger partial charge in [0, 0.05) is 11.9 Å². The number of rotatable bonds is 7. The molecule has 0 saturated carbocycles. The van der Waals surface area contributed by atoms with E-state index in [4.69, 9.17) is 0 Å². The van der Waals surface area contributed by atoms with Gasteiger partial charge in [-0.25, -0.2) is 4.39 Å². The molecule has 6 nitrogen and oxygen atoms in total. The summed E-state index contributed by atoms with van der Waals surface area (Å²) in [7, 11) is 0. The molecule has 0 bridgehead atoms. The molecule has 7 heteroatoms. The number of aromatic nitrogens is 1. The molecule has 0 radical (unpaired) electrons. The van der Waals surface area contributed by atoms with E-state index >= 15 is 0 Å². The Morgan fingerprint density at radius 1 is 0.938 bits per heavy atom. The Bertz CT molecular complexity index is 1150. The molecule has 3 aromatic rings. The van der Waals surface area contributed by atoms with Gasteiger partial charge in [-0.1, -0.05) is 38.1 Å². The summed E-state index contributed by atoms with van der Waals surface area (Å²) in [6, 6.07) is 15.9. The minimum Gasteiger partial charge on any atom is -0.348 e. The first kappa shape index (κ1) is 22.9. The van der Waals surface area contributed by atoms with Crippen LogP contribution in [0, 0.1) is 5.82 Å². The lowest BCUT2D eigenvalue weighted by Gasteiger charge is -2.16. The molecule has 0 unspecified atom stereocenters. The Balaban J connectivity index is 1.66. The summed E-state index contributed by atoms with van der Waals surface area (Å²) in [6.07, 6.45) is 1.46. The highest BCUT2D eigenvalue weighted by Gasteiger charge is 2.15. The molecule has 1 atom stereocenters. The van der Waals surface area contributed by atoms with Crippen LogP contribution in [0.3, 0.4) is 0 Å². The van der Waals surface area contributed by atoms with E-state index in [9.17, 15) is 18.8 Å². The largest absolute Gasteiger partial charge is 0.348 e. The average Bonchev–Trinajstić information content (AvgIpc) is 2.76. The van der Waals surface area contributed by atoms with Crippen molar-refractivity contribution in [3.63, 3.8) is 0 Å². The number of amides is 2. The van der Waals surface area contributed by atoms with Gasteiger partial charge < -0.3 is 15.2 Å². The van der Waals surface area contributed by atoms with Crippen molar-refractivity contribution >= 4 is 17.5 Å². The zero-order chi connectivity index (χ0) is 23.3. The van der Waals surface area contributed by atoms with Gasteiger partial charge in [0.25, 0.3) is 11.5 Å². The highest BCUT2D eigenvalue weighted by Crippen LogP contribution is 2.18. The van der Waals surface area contributed by atoms with E-state index in [0.717, 1.165) is 5.56 Å². The lowest BCUT2D eigenvalue weighted by Crippen LogP contribution is -2.35. The fourth-order valence-corrected chi connectivity index (χ4v) is 3.26. The number of nitrogens with zero attached hydrogens (tertiary/aromatic N) is 1. The minimum absolute atomic E-state index is 0.109. The molecule has 0 aliphatic rings. The van der Waals surface area contributed by atoms with Crippen molar-refractivity contribution in [1.82, 2.24) is 9.88 Å². The Hall–Kier alpha value is -3.74. The molecule has 0 saturated heterocycles.